The SMILES string of the molecule is COc1nc(NCCNc2ccc(N3CCN(C)CC3=O)c(-c3ccc(Cl)cc3Cl)n2)ccc1N(O)O. The van der Waals surface area contributed by atoms with Crippen molar-refractivity contribution >= 4 is 52.1 Å². The summed E-state index contributed by atoms with van der Waals surface area (Å²) in [7, 11) is 3.30. The molecule has 3 aromatic rings. The lowest BCUT2D eigenvalue weighted by Gasteiger charge is -2.33. The van der Waals surface area contributed by atoms with Gasteiger partial charge < -0.3 is 20.3 Å². The molecule has 11 nitrogen and oxygen atoms in total. The van der Waals surface area contributed by atoms with Gasteiger partial charge in [-0.3, -0.25) is 20.1 Å². The highest BCUT2D eigenvalue weighted by atomic mass is 35.5. The molecule has 1 amide bonds. The van der Waals surface area contributed by atoms with Crippen LogP contribution in [0.15, 0.2) is 42.5 Å². The van der Waals surface area contributed by atoms with Crippen molar-refractivity contribution in [3.63, 3.8) is 0 Å². The van der Waals surface area contributed by atoms with Gasteiger partial charge in [-0.2, -0.15) is 4.98 Å². The summed E-state index contributed by atoms with van der Waals surface area (Å²) in [6, 6.07) is 11.9. The van der Waals surface area contributed by atoms with Crippen LogP contribution in [-0.4, -0.2) is 78.1 Å². The number of carbonyl (C=O) groups excluding carboxylic acids is 1. The number of halogens is 2. The number of anilines is 4. The van der Waals surface area contributed by atoms with E-state index in [9.17, 15) is 15.2 Å². The zero-order valence-corrected chi connectivity index (χ0v) is 21.8. The van der Waals surface area contributed by atoms with Crippen LogP contribution in [0.3, 0.4) is 0 Å². The number of likely N-dealkylation sites (N-methyl/N-ethyl adjacent to an activating group) is 1. The molecule has 1 aliphatic heterocycles. The summed E-state index contributed by atoms with van der Waals surface area (Å²) < 4.78 is 5.08. The van der Waals surface area contributed by atoms with Gasteiger partial charge in [-0.05, 0) is 49.5 Å². The van der Waals surface area contributed by atoms with Crippen molar-refractivity contribution in [2.24, 2.45) is 0 Å². The van der Waals surface area contributed by atoms with Crippen LogP contribution in [0, 0.1) is 0 Å². The molecule has 1 aromatic carbocycles. The highest BCUT2D eigenvalue weighted by Crippen LogP contribution is 2.37. The molecule has 2 aromatic heterocycles. The third kappa shape index (κ3) is 6.32. The van der Waals surface area contributed by atoms with E-state index in [4.69, 9.17) is 32.9 Å². The Labute approximate surface area is 224 Å². The van der Waals surface area contributed by atoms with Crippen molar-refractivity contribution in [3.05, 3.63) is 52.5 Å². The molecule has 196 valence electrons. The first kappa shape index (κ1) is 26.7. The number of pyridine rings is 2. The monoisotopic (exact) mass is 547 g/mol. The van der Waals surface area contributed by atoms with Crippen LogP contribution in [-0.2, 0) is 4.79 Å². The summed E-state index contributed by atoms with van der Waals surface area (Å²) in [6.45, 7) is 2.60. The number of amides is 1. The average Bonchev–Trinajstić information content (AvgIpc) is 2.86. The molecule has 4 rings (SSSR count). The molecule has 0 saturated carbocycles. The molecular formula is C24H27Cl2N7O4. The van der Waals surface area contributed by atoms with Gasteiger partial charge in [0.05, 0.1) is 30.1 Å². The fraction of sp³-hybridized carbons (Fsp3) is 0.292. The third-order valence-electron chi connectivity index (χ3n) is 5.75. The first-order valence-electron chi connectivity index (χ1n) is 11.4. The Morgan fingerprint density at radius 1 is 1.03 bits per heavy atom. The van der Waals surface area contributed by atoms with Gasteiger partial charge >= 0.3 is 0 Å². The van der Waals surface area contributed by atoms with Crippen molar-refractivity contribution in [2.75, 3.05) is 67.6 Å². The molecule has 37 heavy (non-hydrogen) atoms. The van der Waals surface area contributed by atoms with E-state index in [0.29, 0.717) is 64.8 Å². The van der Waals surface area contributed by atoms with Crippen molar-refractivity contribution in [1.29, 1.82) is 0 Å². The molecule has 1 saturated heterocycles. The highest BCUT2D eigenvalue weighted by molar-refractivity contribution is 6.36. The van der Waals surface area contributed by atoms with Crippen LogP contribution in [0.25, 0.3) is 11.3 Å². The number of carbonyl (C=O) groups is 1. The highest BCUT2D eigenvalue weighted by Gasteiger charge is 2.26. The van der Waals surface area contributed by atoms with Gasteiger partial charge in [0.2, 0.25) is 11.8 Å². The second kappa shape index (κ2) is 11.8. The van der Waals surface area contributed by atoms with Gasteiger partial charge in [0.1, 0.15) is 11.6 Å². The predicted octanol–water partition coefficient (Wildman–Crippen LogP) is 3.85. The lowest BCUT2D eigenvalue weighted by atomic mass is 10.1. The van der Waals surface area contributed by atoms with Crippen molar-refractivity contribution in [1.82, 2.24) is 14.9 Å². The van der Waals surface area contributed by atoms with Crippen LogP contribution >= 0.6 is 23.2 Å². The van der Waals surface area contributed by atoms with E-state index in [1.165, 1.54) is 13.2 Å². The molecule has 0 spiro atoms. The number of ether oxygens (including phenoxy) is 1. The van der Waals surface area contributed by atoms with Crippen LogP contribution in [0.4, 0.5) is 23.0 Å². The van der Waals surface area contributed by atoms with E-state index in [-0.39, 0.29) is 22.7 Å². The minimum Gasteiger partial charge on any atom is -0.479 e. The van der Waals surface area contributed by atoms with Crippen LogP contribution < -0.4 is 25.5 Å². The van der Waals surface area contributed by atoms with Crippen molar-refractivity contribution in [2.45, 2.75) is 0 Å². The Bertz CT molecular complexity index is 1280. The van der Waals surface area contributed by atoms with E-state index in [1.54, 1.807) is 29.2 Å². The second-order valence-electron chi connectivity index (χ2n) is 8.34. The molecular weight excluding hydrogens is 521 g/mol. The summed E-state index contributed by atoms with van der Waals surface area (Å²) in [5, 5.41) is 25.7. The van der Waals surface area contributed by atoms with E-state index in [2.05, 4.69) is 15.6 Å². The Morgan fingerprint density at radius 2 is 1.73 bits per heavy atom. The predicted molar refractivity (Wildman–Crippen MR) is 143 cm³/mol. The Kier molecular flexibility index (Phi) is 8.52. The number of methoxy groups -OCH3 is 1. The fourth-order valence-electron chi connectivity index (χ4n) is 3.91. The zero-order chi connectivity index (χ0) is 26.5. The van der Waals surface area contributed by atoms with E-state index >= 15 is 0 Å². The van der Waals surface area contributed by atoms with Gasteiger partial charge in [0, 0.05) is 36.8 Å². The van der Waals surface area contributed by atoms with Crippen LogP contribution in [0.1, 0.15) is 0 Å². The van der Waals surface area contributed by atoms with Gasteiger partial charge in [-0.15, -0.1) is 5.23 Å². The summed E-state index contributed by atoms with van der Waals surface area (Å²) in [5.74, 6) is 1.15. The van der Waals surface area contributed by atoms with E-state index in [1.807, 2.05) is 24.1 Å². The number of hydrogen-bond donors (Lipinski definition) is 4. The lowest BCUT2D eigenvalue weighted by Crippen LogP contribution is -2.49. The zero-order valence-electron chi connectivity index (χ0n) is 20.3. The number of nitrogens with one attached hydrogen (secondary N) is 2. The second-order valence-corrected chi connectivity index (χ2v) is 9.18. The summed E-state index contributed by atoms with van der Waals surface area (Å²) >= 11 is 12.6. The number of benzene rings is 1. The molecule has 4 N–H and O–H groups in total. The maximum Gasteiger partial charge on any atom is 0.244 e. The topological polar surface area (TPSA) is 126 Å². The lowest BCUT2D eigenvalue weighted by molar-refractivity contribution is -0.120. The Balaban J connectivity index is 1.51. The van der Waals surface area contributed by atoms with Gasteiger partial charge in [0.25, 0.3) is 0 Å². The van der Waals surface area contributed by atoms with Crippen LogP contribution in [0.2, 0.25) is 10.0 Å². The molecule has 1 fully saturated rings. The molecule has 1 aliphatic rings. The fourth-order valence-corrected chi connectivity index (χ4v) is 4.41. The Morgan fingerprint density at radius 3 is 2.38 bits per heavy atom. The van der Waals surface area contributed by atoms with E-state index < -0.39 is 0 Å². The Hall–Kier alpha value is -3.35. The number of rotatable bonds is 9. The van der Waals surface area contributed by atoms with E-state index in [0.717, 1.165) is 6.54 Å². The molecule has 0 aliphatic carbocycles. The maximum absolute atomic E-state index is 12.8. The normalized spacial score (nSPS) is 14.0. The molecule has 0 atom stereocenters. The molecule has 0 radical (unpaired) electrons. The summed E-state index contributed by atoms with van der Waals surface area (Å²) in [5.41, 5.74) is 1.96. The maximum atomic E-state index is 12.8. The standard InChI is InChI=1S/C24H27Cl2N7O4/c1-31-11-12-32(22(34)14-31)18-5-7-20(29-23(18)16-4-3-15(25)13-17(16)26)27-9-10-28-21-8-6-19(33(35)36)24(30-21)37-2/h3-8,13,35-36H,9-12,14H2,1-2H3,(H,27,29)(H,28,30). The summed E-state index contributed by atoms with van der Waals surface area (Å²) in [6.07, 6.45) is 0. The quantitative estimate of drug-likeness (QED) is 0.231. The molecule has 13 heteroatoms. The number of piperazine rings is 1. The molecule has 3 heterocycles. The van der Waals surface area contributed by atoms with Gasteiger partial charge in [-0.1, -0.05) is 23.2 Å². The van der Waals surface area contributed by atoms with Gasteiger partial charge in [0.15, 0.2) is 5.69 Å². The average molecular weight is 548 g/mol. The van der Waals surface area contributed by atoms with Crippen molar-refractivity contribution < 1.29 is 19.9 Å². The first-order valence-corrected chi connectivity index (χ1v) is 12.2. The third-order valence-corrected chi connectivity index (χ3v) is 6.30. The van der Waals surface area contributed by atoms with Crippen LogP contribution in [0.5, 0.6) is 5.88 Å². The largest absolute Gasteiger partial charge is 0.479 e. The first-order chi connectivity index (χ1) is 17.8. The number of nitrogens with zero attached hydrogens (tertiary/aromatic N) is 5. The number of hydrogen-bond acceptors (Lipinski definition) is 10. The number of aromatic nitrogens is 2. The van der Waals surface area contributed by atoms with Gasteiger partial charge in [-0.25, -0.2) is 4.98 Å². The minimum atomic E-state index is -0.0489. The summed E-state index contributed by atoms with van der Waals surface area (Å²) in [4.78, 5) is 25.5. The van der Waals surface area contributed by atoms with Crippen molar-refractivity contribution in [3.8, 4) is 17.1 Å². The smallest absolute Gasteiger partial charge is 0.244 e. The molecule has 0 unspecified atom stereocenters. The minimum absolute atomic E-state index is 0.00809. The molecule has 0 bridgehead atoms.